The third kappa shape index (κ3) is 7.02. The van der Waals surface area contributed by atoms with Crippen LogP contribution in [0.4, 0.5) is 18.9 Å². The van der Waals surface area contributed by atoms with Gasteiger partial charge in [-0.2, -0.15) is 0 Å². The van der Waals surface area contributed by atoms with Gasteiger partial charge in [0.1, 0.15) is 18.1 Å². The van der Waals surface area contributed by atoms with Crippen LogP contribution in [0.15, 0.2) is 53.9 Å². The molecule has 0 radical (unpaired) electrons. The van der Waals surface area contributed by atoms with Crippen molar-refractivity contribution in [3.05, 3.63) is 59.5 Å². The second kappa shape index (κ2) is 12.6. The summed E-state index contributed by atoms with van der Waals surface area (Å²) in [5, 5.41) is 0.956. The van der Waals surface area contributed by atoms with Crippen molar-refractivity contribution in [2.45, 2.75) is 76.8 Å². The molecule has 10 nitrogen and oxygen atoms in total. The highest BCUT2D eigenvalue weighted by Crippen LogP contribution is 2.60. The van der Waals surface area contributed by atoms with Gasteiger partial charge in [-0.15, -0.1) is 13.2 Å². The van der Waals surface area contributed by atoms with Gasteiger partial charge in [-0.3, -0.25) is 4.72 Å². The summed E-state index contributed by atoms with van der Waals surface area (Å²) >= 11 is 0. The maximum Gasteiger partial charge on any atom is 0.573 e. The molecule has 252 valence electrons. The van der Waals surface area contributed by atoms with Crippen molar-refractivity contribution in [2.75, 3.05) is 17.9 Å². The fourth-order valence-electron chi connectivity index (χ4n) is 7.19. The summed E-state index contributed by atoms with van der Waals surface area (Å²) in [6, 6.07) is 11.2. The first kappa shape index (κ1) is 33.0. The molecule has 1 saturated carbocycles. The predicted molar refractivity (Wildman–Crippen MR) is 159 cm³/mol. The SMILES string of the molecule is C[C@H]1[C@H](OCCOc2cccc(/C=C/S(=O)(=O)Nc3ccc(OC(F)(F)F)cc3)c2)O[C@@H]2O[C@@]3(C)CC[C@H]4[C@H](C)CC[C@@H]1[C@@]24OO3. The summed E-state index contributed by atoms with van der Waals surface area (Å²) in [5.41, 5.74) is -0.0188. The van der Waals surface area contributed by atoms with Crippen LogP contribution in [-0.2, 0) is 34.0 Å². The van der Waals surface area contributed by atoms with Gasteiger partial charge in [0.25, 0.3) is 10.0 Å². The molecule has 2 bridgehead atoms. The van der Waals surface area contributed by atoms with Gasteiger partial charge >= 0.3 is 6.36 Å². The summed E-state index contributed by atoms with van der Waals surface area (Å²) < 4.78 is 93.0. The van der Waals surface area contributed by atoms with Crippen molar-refractivity contribution in [3.8, 4) is 11.5 Å². The van der Waals surface area contributed by atoms with Gasteiger partial charge in [0.2, 0.25) is 5.79 Å². The second-order valence-corrected chi connectivity index (χ2v) is 14.2. The van der Waals surface area contributed by atoms with Crippen LogP contribution in [0, 0.1) is 23.7 Å². The molecule has 46 heavy (non-hydrogen) atoms. The van der Waals surface area contributed by atoms with Crippen molar-refractivity contribution in [1.82, 2.24) is 0 Å². The van der Waals surface area contributed by atoms with E-state index in [0.29, 0.717) is 17.2 Å². The summed E-state index contributed by atoms with van der Waals surface area (Å²) in [7, 11) is -3.96. The number of benzene rings is 2. The van der Waals surface area contributed by atoms with Gasteiger partial charge in [0.15, 0.2) is 18.2 Å². The minimum atomic E-state index is -4.84. The van der Waals surface area contributed by atoms with E-state index < -0.39 is 46.1 Å². The van der Waals surface area contributed by atoms with E-state index in [1.54, 1.807) is 24.3 Å². The number of alkyl halides is 3. The fraction of sp³-hybridized carbons (Fsp3) is 0.562. The van der Waals surface area contributed by atoms with Crippen molar-refractivity contribution in [3.63, 3.8) is 0 Å². The highest BCUT2D eigenvalue weighted by atomic mass is 32.2. The van der Waals surface area contributed by atoms with Crippen molar-refractivity contribution >= 4 is 21.8 Å². The van der Waals surface area contributed by atoms with Gasteiger partial charge in [0, 0.05) is 23.9 Å². The van der Waals surface area contributed by atoms with Crippen molar-refractivity contribution in [2.24, 2.45) is 23.7 Å². The van der Waals surface area contributed by atoms with E-state index in [2.05, 4.69) is 23.3 Å². The molecule has 0 unspecified atom stereocenters. The Morgan fingerprint density at radius 1 is 1.00 bits per heavy atom. The average Bonchev–Trinajstić information content (AvgIpc) is 3.23. The molecule has 5 aliphatic rings. The van der Waals surface area contributed by atoms with Crippen LogP contribution < -0.4 is 14.2 Å². The smallest absolute Gasteiger partial charge is 0.491 e. The molecule has 7 rings (SSSR count). The molecule has 2 aromatic rings. The molecule has 4 saturated heterocycles. The van der Waals surface area contributed by atoms with Crippen LogP contribution in [0.3, 0.4) is 0 Å². The van der Waals surface area contributed by atoms with E-state index in [1.807, 2.05) is 6.92 Å². The Labute approximate surface area is 266 Å². The second-order valence-electron chi connectivity index (χ2n) is 12.6. The number of hydrogen-bond acceptors (Lipinski definition) is 9. The number of anilines is 1. The molecule has 5 fully saturated rings. The number of hydrogen-bond donors (Lipinski definition) is 1. The number of sulfonamides is 1. The molecule has 4 aliphatic heterocycles. The average molecular weight is 670 g/mol. The van der Waals surface area contributed by atoms with Gasteiger partial charge in [-0.05, 0) is 86.1 Å². The van der Waals surface area contributed by atoms with Crippen LogP contribution in [-0.4, -0.2) is 52.0 Å². The molecule has 1 aliphatic carbocycles. The molecular weight excluding hydrogens is 631 g/mol. The molecule has 0 amide bonds. The highest BCUT2D eigenvalue weighted by Gasteiger charge is 2.69. The fourth-order valence-corrected chi connectivity index (χ4v) is 8.05. The summed E-state index contributed by atoms with van der Waals surface area (Å²) in [4.78, 5) is 12.0. The lowest BCUT2D eigenvalue weighted by Crippen LogP contribution is -2.70. The third-order valence-electron chi connectivity index (χ3n) is 9.38. The Hall–Kier alpha value is -2.88. The number of rotatable bonds is 10. The lowest BCUT2D eigenvalue weighted by Gasteiger charge is -2.60. The number of halogens is 3. The van der Waals surface area contributed by atoms with E-state index in [1.165, 1.54) is 18.2 Å². The van der Waals surface area contributed by atoms with Gasteiger partial charge in [0.05, 0.1) is 12.0 Å². The minimum Gasteiger partial charge on any atom is -0.491 e. The number of fused-ring (bicyclic) bond motifs is 2. The van der Waals surface area contributed by atoms with E-state index in [-0.39, 0.29) is 36.7 Å². The molecule has 14 heteroatoms. The zero-order valence-corrected chi connectivity index (χ0v) is 26.5. The Balaban J connectivity index is 1.02. The summed E-state index contributed by atoms with van der Waals surface area (Å²) in [6.07, 6.45) is -0.810. The minimum absolute atomic E-state index is 0.0380. The lowest BCUT2D eigenvalue weighted by atomic mass is 9.58. The van der Waals surface area contributed by atoms with Crippen LogP contribution in [0.25, 0.3) is 6.08 Å². The number of nitrogens with one attached hydrogen (secondary N) is 1. The van der Waals surface area contributed by atoms with Gasteiger partial charge in [-0.1, -0.05) is 26.0 Å². The number of ether oxygens (including phenoxy) is 5. The maximum atomic E-state index is 12.5. The third-order valence-corrected chi connectivity index (χ3v) is 10.4. The van der Waals surface area contributed by atoms with Gasteiger partial charge < -0.3 is 23.7 Å². The molecule has 0 aromatic heterocycles. The standard InChI is InChI=1S/C32H38F3NO9S/c1-20-7-12-27-21(2)28(41-29-31(27)26(20)13-15-30(3,43-29)44-45-31)40-17-16-39-25-6-4-5-22(19-25)14-18-46(37,38)36-23-8-10-24(11-9-23)42-32(33,34)35/h4-6,8-11,14,18-21,26-29,36H,7,12-13,15-17H2,1-3H3/b18-14+/t20-,21-,26+,27+,28-,29-,30-,31-/m1/s1. The summed E-state index contributed by atoms with van der Waals surface area (Å²) in [5.74, 6) is 0.125. The Bertz CT molecular complexity index is 1520. The molecular formula is C32H38F3NO9S. The largest absolute Gasteiger partial charge is 0.573 e. The Morgan fingerprint density at radius 3 is 2.54 bits per heavy atom. The van der Waals surface area contributed by atoms with Crippen LogP contribution >= 0.6 is 0 Å². The maximum absolute atomic E-state index is 12.5. The van der Waals surface area contributed by atoms with E-state index >= 15 is 0 Å². The van der Waals surface area contributed by atoms with E-state index in [0.717, 1.165) is 43.2 Å². The zero-order chi connectivity index (χ0) is 32.7. The molecule has 8 atom stereocenters. The molecule has 2 aromatic carbocycles. The first-order valence-corrected chi connectivity index (χ1v) is 16.9. The van der Waals surface area contributed by atoms with E-state index in [4.69, 9.17) is 28.7 Å². The van der Waals surface area contributed by atoms with Crippen molar-refractivity contribution in [1.29, 1.82) is 0 Å². The zero-order valence-electron chi connectivity index (χ0n) is 25.7. The molecule has 1 N–H and O–H groups in total. The first-order chi connectivity index (χ1) is 21.8. The lowest BCUT2D eigenvalue weighted by molar-refractivity contribution is -0.577. The van der Waals surface area contributed by atoms with Crippen molar-refractivity contribution < 1.29 is 55.0 Å². The highest BCUT2D eigenvalue weighted by molar-refractivity contribution is 7.95. The van der Waals surface area contributed by atoms with Crippen LogP contribution in [0.5, 0.6) is 11.5 Å². The molecule has 4 heterocycles. The van der Waals surface area contributed by atoms with Gasteiger partial charge in [-0.25, -0.2) is 18.2 Å². The van der Waals surface area contributed by atoms with Crippen LogP contribution in [0.2, 0.25) is 0 Å². The summed E-state index contributed by atoms with van der Waals surface area (Å²) in [6.45, 7) is 6.75. The Kier molecular flexibility index (Phi) is 9.06. The topological polar surface area (TPSA) is 111 Å². The quantitative estimate of drug-likeness (QED) is 0.221. The predicted octanol–water partition coefficient (Wildman–Crippen LogP) is 6.60. The first-order valence-electron chi connectivity index (χ1n) is 15.4. The normalized spacial score (nSPS) is 34.1. The Morgan fingerprint density at radius 2 is 1.78 bits per heavy atom. The van der Waals surface area contributed by atoms with E-state index in [9.17, 15) is 21.6 Å². The molecule has 1 spiro atoms. The van der Waals surface area contributed by atoms with Crippen LogP contribution in [0.1, 0.15) is 52.0 Å². The monoisotopic (exact) mass is 669 g/mol.